The van der Waals surface area contributed by atoms with Crippen LogP contribution in [0.3, 0.4) is 0 Å². The van der Waals surface area contributed by atoms with Gasteiger partial charge in [-0.1, -0.05) is 0 Å². The summed E-state index contributed by atoms with van der Waals surface area (Å²) in [6, 6.07) is 3.02. The topological polar surface area (TPSA) is 108 Å². The first-order chi connectivity index (χ1) is 13.0. The molecule has 4 N–H and O–H groups in total. The van der Waals surface area contributed by atoms with Crippen LogP contribution in [-0.2, 0) is 15.1 Å². The molecule has 0 aromatic heterocycles. The van der Waals surface area contributed by atoms with Crippen molar-refractivity contribution in [3.63, 3.8) is 0 Å². The van der Waals surface area contributed by atoms with Crippen molar-refractivity contribution in [3.05, 3.63) is 29.6 Å². The van der Waals surface area contributed by atoms with Gasteiger partial charge in [-0.05, 0) is 45.9 Å². The summed E-state index contributed by atoms with van der Waals surface area (Å²) in [6.07, 6.45) is -5.22. The quantitative estimate of drug-likeness (QED) is 0.654. The summed E-state index contributed by atoms with van der Waals surface area (Å²) in [5.41, 5.74) is -1.03. The molecular formula is C18H22F4N4O3. The van der Waals surface area contributed by atoms with Crippen LogP contribution in [0.1, 0.15) is 33.3 Å². The molecule has 11 heteroatoms. The molecule has 0 saturated heterocycles. The SMILES string of the molecule is CN1C(=O)C(C)(C)[C@](C)(c2cc(NC(=O)[C@](C)(O)C(F)(F)F)ccc2F)N=C1N. The van der Waals surface area contributed by atoms with Crippen LogP contribution in [0.5, 0.6) is 0 Å². The van der Waals surface area contributed by atoms with E-state index in [4.69, 9.17) is 5.73 Å². The summed E-state index contributed by atoms with van der Waals surface area (Å²) < 4.78 is 53.3. The molecule has 0 spiro atoms. The van der Waals surface area contributed by atoms with Crippen molar-refractivity contribution in [1.82, 2.24) is 4.90 Å². The van der Waals surface area contributed by atoms with Gasteiger partial charge in [0.1, 0.15) is 11.4 Å². The lowest BCUT2D eigenvalue weighted by atomic mass is 9.67. The number of nitrogens with one attached hydrogen (secondary N) is 1. The van der Waals surface area contributed by atoms with Gasteiger partial charge in [0.2, 0.25) is 11.5 Å². The van der Waals surface area contributed by atoms with Crippen LogP contribution in [0.25, 0.3) is 0 Å². The molecule has 0 aliphatic carbocycles. The number of hydrogen-bond acceptors (Lipinski definition) is 5. The molecule has 0 fully saturated rings. The van der Waals surface area contributed by atoms with Crippen molar-refractivity contribution in [2.45, 2.75) is 45.0 Å². The van der Waals surface area contributed by atoms with Crippen LogP contribution in [0.15, 0.2) is 23.2 Å². The van der Waals surface area contributed by atoms with E-state index in [1.54, 1.807) is 0 Å². The van der Waals surface area contributed by atoms with E-state index in [0.717, 1.165) is 23.1 Å². The first-order valence-corrected chi connectivity index (χ1v) is 8.51. The van der Waals surface area contributed by atoms with Gasteiger partial charge in [0, 0.05) is 18.3 Å². The van der Waals surface area contributed by atoms with Crippen molar-refractivity contribution in [1.29, 1.82) is 0 Å². The molecule has 2 rings (SSSR count). The number of alkyl halides is 3. The molecule has 1 heterocycles. The highest BCUT2D eigenvalue weighted by atomic mass is 19.4. The molecule has 1 aromatic rings. The van der Waals surface area contributed by atoms with Crippen molar-refractivity contribution >= 4 is 23.5 Å². The van der Waals surface area contributed by atoms with Gasteiger partial charge in [0.15, 0.2) is 5.96 Å². The molecule has 0 unspecified atom stereocenters. The Labute approximate surface area is 164 Å². The molecule has 1 aromatic carbocycles. The molecule has 7 nitrogen and oxygen atoms in total. The molecule has 1 aliphatic rings. The fourth-order valence-electron chi connectivity index (χ4n) is 2.93. The van der Waals surface area contributed by atoms with E-state index in [-0.39, 0.29) is 17.2 Å². The lowest BCUT2D eigenvalue weighted by Gasteiger charge is -2.46. The highest BCUT2D eigenvalue weighted by Crippen LogP contribution is 2.47. The zero-order chi connectivity index (χ0) is 22.6. The number of nitrogens with two attached hydrogens (primary N) is 1. The maximum absolute atomic E-state index is 14.7. The fraction of sp³-hybridized carbons (Fsp3) is 0.500. The summed E-state index contributed by atoms with van der Waals surface area (Å²) in [6.45, 7) is 4.82. The van der Waals surface area contributed by atoms with E-state index in [0.29, 0.717) is 6.92 Å². The number of guanidine groups is 1. The zero-order valence-electron chi connectivity index (χ0n) is 16.5. The first-order valence-electron chi connectivity index (χ1n) is 8.51. The largest absolute Gasteiger partial charge is 0.426 e. The van der Waals surface area contributed by atoms with Gasteiger partial charge in [-0.15, -0.1) is 0 Å². The molecule has 160 valence electrons. The monoisotopic (exact) mass is 418 g/mol. The lowest BCUT2D eigenvalue weighted by Crippen LogP contribution is -2.58. The molecule has 1 aliphatic heterocycles. The molecular weight excluding hydrogens is 396 g/mol. The molecule has 0 radical (unpaired) electrons. The number of anilines is 1. The number of carbonyl (C=O) groups is 2. The third-order valence-electron chi connectivity index (χ3n) is 5.48. The van der Waals surface area contributed by atoms with Crippen molar-refractivity contribution in [2.24, 2.45) is 16.1 Å². The number of benzene rings is 1. The number of aliphatic imine (C=N–C) groups is 1. The molecule has 2 amide bonds. The smallest absolute Gasteiger partial charge is 0.373 e. The van der Waals surface area contributed by atoms with Gasteiger partial charge in [-0.2, -0.15) is 13.2 Å². The van der Waals surface area contributed by atoms with E-state index < -0.39 is 40.4 Å². The van der Waals surface area contributed by atoms with E-state index in [2.05, 4.69) is 4.99 Å². The number of hydrogen-bond donors (Lipinski definition) is 3. The second kappa shape index (κ2) is 6.68. The van der Waals surface area contributed by atoms with Crippen LogP contribution in [-0.4, -0.2) is 46.6 Å². The molecule has 2 atom stereocenters. The van der Waals surface area contributed by atoms with E-state index in [9.17, 15) is 32.3 Å². The average Bonchev–Trinajstić information content (AvgIpc) is 2.59. The summed E-state index contributed by atoms with van der Waals surface area (Å²) in [5.74, 6) is -3.14. The van der Waals surface area contributed by atoms with Crippen molar-refractivity contribution in [2.75, 3.05) is 12.4 Å². The number of nitrogens with zero attached hydrogens (tertiary/aromatic N) is 2. The molecule has 0 saturated carbocycles. The van der Waals surface area contributed by atoms with Crippen LogP contribution < -0.4 is 11.1 Å². The number of carbonyl (C=O) groups excluding carboxylic acids is 2. The predicted octanol–water partition coefficient (Wildman–Crippen LogP) is 2.11. The normalized spacial score (nSPS) is 24.0. The highest BCUT2D eigenvalue weighted by molar-refractivity contribution is 6.02. The van der Waals surface area contributed by atoms with Crippen molar-refractivity contribution in [3.8, 4) is 0 Å². The maximum Gasteiger partial charge on any atom is 0.426 e. The lowest BCUT2D eigenvalue weighted by molar-refractivity contribution is -0.242. The van der Waals surface area contributed by atoms with Gasteiger partial charge in [0.05, 0.1) is 5.41 Å². The Hall–Kier alpha value is -2.69. The van der Waals surface area contributed by atoms with Crippen LogP contribution in [0.4, 0.5) is 23.2 Å². The third kappa shape index (κ3) is 3.43. The Morgan fingerprint density at radius 1 is 1.28 bits per heavy atom. The fourth-order valence-corrected chi connectivity index (χ4v) is 2.93. The van der Waals surface area contributed by atoms with Gasteiger partial charge >= 0.3 is 6.18 Å². The second-order valence-electron chi connectivity index (χ2n) is 7.75. The summed E-state index contributed by atoms with van der Waals surface area (Å²) in [5, 5.41) is 11.4. The van der Waals surface area contributed by atoms with Gasteiger partial charge in [0.25, 0.3) is 5.91 Å². The Morgan fingerprint density at radius 3 is 2.34 bits per heavy atom. The zero-order valence-corrected chi connectivity index (χ0v) is 16.5. The van der Waals surface area contributed by atoms with Gasteiger partial charge < -0.3 is 16.2 Å². The first kappa shape index (κ1) is 22.6. The number of halogens is 4. The third-order valence-corrected chi connectivity index (χ3v) is 5.48. The minimum Gasteiger partial charge on any atom is -0.373 e. The average molecular weight is 418 g/mol. The van der Waals surface area contributed by atoms with Crippen molar-refractivity contribution < 1.29 is 32.3 Å². The van der Waals surface area contributed by atoms with Crippen LogP contribution >= 0.6 is 0 Å². The van der Waals surface area contributed by atoms with Gasteiger partial charge in [-0.3, -0.25) is 14.5 Å². The van der Waals surface area contributed by atoms with Gasteiger partial charge in [-0.25, -0.2) is 9.38 Å². The molecule has 29 heavy (non-hydrogen) atoms. The summed E-state index contributed by atoms with van der Waals surface area (Å²) >= 11 is 0. The predicted molar refractivity (Wildman–Crippen MR) is 97.2 cm³/mol. The number of rotatable bonds is 3. The second-order valence-corrected chi connectivity index (χ2v) is 7.75. The van der Waals surface area contributed by atoms with E-state index in [1.807, 2.05) is 5.32 Å². The van der Waals surface area contributed by atoms with Crippen LogP contribution in [0, 0.1) is 11.2 Å². The Balaban J connectivity index is 2.54. The number of amides is 2. The Kier molecular flexibility index (Phi) is 5.21. The highest BCUT2D eigenvalue weighted by Gasteiger charge is 2.56. The standard InChI is InChI=1S/C18H22F4N4O3/c1-15(2)13(28)26(5)14(23)25-16(15,3)10-8-9(6-7-11(10)19)24-12(27)17(4,29)18(20,21)22/h6-8,29H,1-5H3,(H2,23,25)(H,24,27)/t16-,17-/m0/s1. The summed E-state index contributed by atoms with van der Waals surface area (Å²) in [7, 11) is 1.41. The van der Waals surface area contributed by atoms with E-state index >= 15 is 0 Å². The maximum atomic E-state index is 14.7. The van der Waals surface area contributed by atoms with E-state index in [1.165, 1.54) is 27.8 Å². The molecule has 0 bridgehead atoms. The Morgan fingerprint density at radius 2 is 1.83 bits per heavy atom. The van der Waals surface area contributed by atoms with Crippen LogP contribution in [0.2, 0.25) is 0 Å². The minimum atomic E-state index is -5.22. The number of aliphatic hydroxyl groups is 1. The minimum absolute atomic E-state index is 0.156. The summed E-state index contributed by atoms with van der Waals surface area (Å²) in [4.78, 5) is 30.0. The Bertz CT molecular complexity index is 896.